The molecule has 5 heteroatoms. The Kier molecular flexibility index (Phi) is 3.40. The minimum absolute atomic E-state index is 0.0757. The molecule has 0 amide bonds. The quantitative estimate of drug-likeness (QED) is 0.857. The van der Waals surface area contributed by atoms with Crippen LogP contribution < -0.4 is 4.31 Å². The Bertz CT molecular complexity index is 696. The van der Waals surface area contributed by atoms with Gasteiger partial charge in [0.05, 0.1) is 16.9 Å². The molecule has 1 aromatic rings. The molecule has 4 nitrogen and oxygen atoms in total. The lowest BCUT2D eigenvalue weighted by molar-refractivity contribution is -0.128. The highest BCUT2D eigenvalue weighted by Gasteiger charge is 2.65. The van der Waals surface area contributed by atoms with Crippen molar-refractivity contribution >= 4 is 21.5 Å². The number of anilines is 1. The molecule has 2 aliphatic carbocycles. The Morgan fingerprint density at radius 3 is 2.36 bits per heavy atom. The first-order valence-corrected chi connectivity index (χ1v) is 9.37. The summed E-state index contributed by atoms with van der Waals surface area (Å²) in [5, 5.41) is 0. The molecule has 2 aliphatic rings. The van der Waals surface area contributed by atoms with E-state index < -0.39 is 15.4 Å². The van der Waals surface area contributed by atoms with Crippen LogP contribution in [0.2, 0.25) is 0 Å². The first kappa shape index (κ1) is 15.5. The normalized spacial score (nSPS) is 29.8. The van der Waals surface area contributed by atoms with Crippen LogP contribution in [0, 0.1) is 16.7 Å². The molecule has 3 rings (SSSR count). The molecule has 0 saturated heterocycles. The summed E-state index contributed by atoms with van der Waals surface area (Å²) in [6, 6.07) is 9.03. The van der Waals surface area contributed by atoms with Gasteiger partial charge in [0.1, 0.15) is 5.78 Å². The summed E-state index contributed by atoms with van der Waals surface area (Å²) in [7, 11) is -1.96. The lowest BCUT2D eigenvalue weighted by Gasteiger charge is -2.37. The third kappa shape index (κ3) is 2.02. The van der Waals surface area contributed by atoms with Crippen molar-refractivity contribution in [2.24, 2.45) is 16.7 Å². The van der Waals surface area contributed by atoms with Crippen LogP contribution in [0.25, 0.3) is 0 Å². The summed E-state index contributed by atoms with van der Waals surface area (Å²) >= 11 is 0. The monoisotopic (exact) mass is 321 g/mol. The van der Waals surface area contributed by atoms with Gasteiger partial charge in [0, 0.05) is 13.5 Å². The maximum Gasteiger partial charge on any atom is 0.235 e. The molecule has 0 heterocycles. The van der Waals surface area contributed by atoms with Crippen molar-refractivity contribution in [2.75, 3.05) is 17.1 Å². The summed E-state index contributed by atoms with van der Waals surface area (Å²) in [6.45, 7) is 4.13. The van der Waals surface area contributed by atoms with E-state index in [4.69, 9.17) is 0 Å². The first-order valence-electron chi connectivity index (χ1n) is 7.76. The van der Waals surface area contributed by atoms with Crippen molar-refractivity contribution in [3.63, 3.8) is 0 Å². The lowest BCUT2D eigenvalue weighted by Crippen LogP contribution is -2.45. The van der Waals surface area contributed by atoms with Gasteiger partial charge in [-0.05, 0) is 36.3 Å². The average molecular weight is 321 g/mol. The Hall–Kier alpha value is -1.36. The molecule has 2 fully saturated rings. The highest BCUT2D eigenvalue weighted by molar-refractivity contribution is 7.92. The molecule has 0 unspecified atom stereocenters. The fourth-order valence-corrected chi connectivity index (χ4v) is 6.25. The number of rotatable bonds is 4. The van der Waals surface area contributed by atoms with Gasteiger partial charge in [-0.25, -0.2) is 8.42 Å². The van der Waals surface area contributed by atoms with Crippen LogP contribution in [-0.2, 0) is 14.8 Å². The second-order valence-corrected chi connectivity index (χ2v) is 9.23. The molecule has 0 radical (unpaired) electrons. The largest absolute Gasteiger partial charge is 0.299 e. The molecular weight excluding hydrogens is 298 g/mol. The van der Waals surface area contributed by atoms with Gasteiger partial charge in [0.15, 0.2) is 0 Å². The maximum atomic E-state index is 12.9. The van der Waals surface area contributed by atoms with E-state index in [2.05, 4.69) is 13.8 Å². The predicted octanol–water partition coefficient (Wildman–Crippen LogP) is 2.85. The zero-order valence-corrected chi connectivity index (χ0v) is 14.2. The Morgan fingerprint density at radius 2 is 1.86 bits per heavy atom. The molecule has 2 saturated carbocycles. The SMILES string of the molecule is CN(c1ccccc1)S(=O)(=O)C[C@]12CC[C@H](CC1=O)C2(C)C. The van der Waals surface area contributed by atoms with Gasteiger partial charge in [-0.1, -0.05) is 32.0 Å². The van der Waals surface area contributed by atoms with Gasteiger partial charge < -0.3 is 0 Å². The van der Waals surface area contributed by atoms with Crippen molar-refractivity contribution < 1.29 is 13.2 Å². The number of sulfonamides is 1. The molecule has 0 aromatic heterocycles. The number of Topliss-reactive ketones (excluding diaryl/α,β-unsaturated/α-hetero) is 1. The predicted molar refractivity (Wildman–Crippen MR) is 87.2 cm³/mol. The van der Waals surface area contributed by atoms with Crippen LogP contribution in [0.15, 0.2) is 30.3 Å². The molecule has 2 bridgehead atoms. The minimum atomic E-state index is -3.53. The second-order valence-electron chi connectivity index (χ2n) is 7.23. The summed E-state index contributed by atoms with van der Waals surface area (Å²) in [5.41, 5.74) is -0.300. The number of benzene rings is 1. The van der Waals surface area contributed by atoms with E-state index >= 15 is 0 Å². The fourth-order valence-electron chi connectivity index (χ4n) is 4.31. The van der Waals surface area contributed by atoms with Gasteiger partial charge in [-0.3, -0.25) is 9.10 Å². The van der Waals surface area contributed by atoms with E-state index in [1.165, 1.54) is 4.31 Å². The molecule has 0 N–H and O–H groups in total. The van der Waals surface area contributed by atoms with Crippen molar-refractivity contribution in [3.8, 4) is 0 Å². The van der Waals surface area contributed by atoms with E-state index in [0.29, 0.717) is 24.4 Å². The number of nitrogens with zero attached hydrogens (tertiary/aromatic N) is 1. The fraction of sp³-hybridized carbons (Fsp3) is 0.588. The summed E-state index contributed by atoms with van der Waals surface area (Å²) in [6.07, 6.45) is 2.20. The zero-order valence-electron chi connectivity index (χ0n) is 13.4. The topological polar surface area (TPSA) is 54.5 Å². The molecule has 0 spiro atoms. The average Bonchev–Trinajstić information content (AvgIpc) is 2.81. The first-order chi connectivity index (χ1) is 10.2. The van der Waals surface area contributed by atoms with E-state index in [0.717, 1.165) is 6.42 Å². The summed E-state index contributed by atoms with van der Waals surface area (Å²) in [5.74, 6) is 0.393. The highest BCUT2D eigenvalue weighted by Crippen LogP contribution is 2.64. The molecule has 1 aromatic carbocycles. The maximum absolute atomic E-state index is 12.9. The third-order valence-corrected chi connectivity index (χ3v) is 8.01. The van der Waals surface area contributed by atoms with E-state index in [1.54, 1.807) is 19.2 Å². The van der Waals surface area contributed by atoms with Gasteiger partial charge in [0.25, 0.3) is 0 Å². The van der Waals surface area contributed by atoms with E-state index in [9.17, 15) is 13.2 Å². The summed E-state index contributed by atoms with van der Waals surface area (Å²) in [4.78, 5) is 12.5. The number of hydrogen-bond acceptors (Lipinski definition) is 3. The Balaban J connectivity index is 1.93. The van der Waals surface area contributed by atoms with Crippen molar-refractivity contribution in [1.29, 1.82) is 0 Å². The van der Waals surface area contributed by atoms with Gasteiger partial charge >= 0.3 is 0 Å². The number of ketones is 1. The lowest BCUT2D eigenvalue weighted by atomic mass is 9.70. The van der Waals surface area contributed by atoms with Gasteiger partial charge in [-0.2, -0.15) is 0 Å². The van der Waals surface area contributed by atoms with Crippen LogP contribution in [0.1, 0.15) is 33.1 Å². The van der Waals surface area contributed by atoms with Crippen LogP contribution in [0.5, 0.6) is 0 Å². The molecule has 120 valence electrons. The number of hydrogen-bond donors (Lipinski definition) is 0. The Morgan fingerprint density at radius 1 is 1.23 bits per heavy atom. The molecular formula is C17H23NO3S. The van der Waals surface area contributed by atoms with Gasteiger partial charge in [-0.15, -0.1) is 0 Å². The minimum Gasteiger partial charge on any atom is -0.299 e. The standard InChI is InChI=1S/C17H23NO3S/c1-16(2)13-9-10-17(16,15(19)11-13)12-22(20,21)18(3)14-7-5-4-6-8-14/h4-8,13H,9-12H2,1-3H3/t13-,17-/m1/s1. The second kappa shape index (κ2) is 4.82. The number of fused-ring (bicyclic) bond motifs is 2. The highest BCUT2D eigenvalue weighted by atomic mass is 32.2. The zero-order chi connectivity index (χ0) is 16.2. The van der Waals surface area contributed by atoms with Crippen LogP contribution >= 0.6 is 0 Å². The number of para-hydroxylation sites is 1. The molecule has 0 aliphatic heterocycles. The van der Waals surface area contributed by atoms with Crippen LogP contribution in [-0.4, -0.2) is 27.0 Å². The van der Waals surface area contributed by atoms with Gasteiger partial charge in [0.2, 0.25) is 10.0 Å². The van der Waals surface area contributed by atoms with E-state index in [-0.39, 0.29) is 17.0 Å². The molecule has 22 heavy (non-hydrogen) atoms. The third-order valence-electron chi connectivity index (χ3n) is 6.11. The van der Waals surface area contributed by atoms with Crippen molar-refractivity contribution in [1.82, 2.24) is 0 Å². The Labute approximate surface area is 132 Å². The summed E-state index contributed by atoms with van der Waals surface area (Å²) < 4.78 is 27.1. The molecule has 2 atom stereocenters. The van der Waals surface area contributed by atoms with E-state index in [1.807, 2.05) is 18.2 Å². The van der Waals surface area contributed by atoms with Crippen LogP contribution in [0.3, 0.4) is 0 Å². The number of carbonyl (C=O) groups is 1. The smallest absolute Gasteiger partial charge is 0.235 e. The van der Waals surface area contributed by atoms with Crippen molar-refractivity contribution in [2.45, 2.75) is 33.1 Å². The number of carbonyl (C=O) groups excluding carboxylic acids is 1. The van der Waals surface area contributed by atoms with Crippen molar-refractivity contribution in [3.05, 3.63) is 30.3 Å². The van der Waals surface area contributed by atoms with Crippen LogP contribution in [0.4, 0.5) is 5.69 Å².